The van der Waals surface area contributed by atoms with Gasteiger partial charge in [-0.05, 0) is 23.6 Å². The van der Waals surface area contributed by atoms with Gasteiger partial charge in [-0.2, -0.15) is 0 Å². The molecule has 0 aliphatic carbocycles. The molecule has 0 spiro atoms. The van der Waals surface area contributed by atoms with E-state index in [0.29, 0.717) is 24.6 Å². The van der Waals surface area contributed by atoms with Gasteiger partial charge < -0.3 is 19.7 Å². The molecular formula is C21H22N2O4. The fourth-order valence-corrected chi connectivity index (χ4v) is 3.48. The van der Waals surface area contributed by atoms with Gasteiger partial charge in [0.15, 0.2) is 11.5 Å². The number of hydrogen-bond donors (Lipinski definition) is 1. The topological polar surface area (TPSA) is 67.9 Å². The molecule has 2 aromatic carbocycles. The van der Waals surface area contributed by atoms with Crippen LogP contribution in [0.25, 0.3) is 0 Å². The van der Waals surface area contributed by atoms with E-state index < -0.39 is 0 Å². The average molecular weight is 366 g/mol. The minimum atomic E-state index is -0.342. The van der Waals surface area contributed by atoms with Crippen LogP contribution in [0.15, 0.2) is 48.5 Å². The van der Waals surface area contributed by atoms with Crippen LogP contribution in [0.1, 0.15) is 24.8 Å². The van der Waals surface area contributed by atoms with Crippen LogP contribution >= 0.6 is 0 Å². The molecule has 4 rings (SSSR count). The first-order chi connectivity index (χ1) is 13.1. The molecule has 0 saturated carbocycles. The Kier molecular flexibility index (Phi) is 4.71. The van der Waals surface area contributed by atoms with Gasteiger partial charge in [-0.15, -0.1) is 0 Å². The monoisotopic (exact) mass is 366 g/mol. The summed E-state index contributed by atoms with van der Waals surface area (Å²) in [6.45, 7) is 3.20. The molecule has 0 aromatic heterocycles. The smallest absolute Gasteiger partial charge is 0.231 e. The molecule has 2 aliphatic heterocycles. The summed E-state index contributed by atoms with van der Waals surface area (Å²) < 4.78 is 10.7. The zero-order valence-electron chi connectivity index (χ0n) is 15.2. The van der Waals surface area contributed by atoms with Crippen LogP contribution < -0.4 is 19.7 Å². The fraction of sp³-hybridized carbons (Fsp3) is 0.333. The third-order valence-corrected chi connectivity index (χ3v) is 5.11. The third-order valence-electron chi connectivity index (χ3n) is 5.11. The van der Waals surface area contributed by atoms with Crippen molar-refractivity contribution in [2.45, 2.75) is 19.3 Å². The molecule has 1 N–H and O–H groups in total. The fourth-order valence-electron chi connectivity index (χ4n) is 3.48. The molecule has 140 valence electrons. The second-order valence-electron chi connectivity index (χ2n) is 7.00. The van der Waals surface area contributed by atoms with Crippen LogP contribution in [0.2, 0.25) is 0 Å². The van der Waals surface area contributed by atoms with Gasteiger partial charge in [-0.25, -0.2) is 0 Å². The highest BCUT2D eigenvalue weighted by Gasteiger charge is 2.35. The van der Waals surface area contributed by atoms with Gasteiger partial charge in [-0.3, -0.25) is 9.59 Å². The van der Waals surface area contributed by atoms with Gasteiger partial charge in [0.1, 0.15) is 0 Å². The van der Waals surface area contributed by atoms with Gasteiger partial charge in [0, 0.05) is 31.3 Å². The summed E-state index contributed by atoms with van der Waals surface area (Å²) in [6.07, 6.45) is 0.222. The van der Waals surface area contributed by atoms with Crippen molar-refractivity contribution >= 4 is 17.5 Å². The van der Waals surface area contributed by atoms with Gasteiger partial charge in [0.05, 0.1) is 5.92 Å². The maximum atomic E-state index is 12.6. The molecule has 2 aliphatic rings. The highest BCUT2D eigenvalue weighted by molar-refractivity contribution is 6.00. The Hall–Kier alpha value is -3.02. The van der Waals surface area contributed by atoms with E-state index in [4.69, 9.17) is 9.47 Å². The maximum Gasteiger partial charge on any atom is 0.231 e. The Morgan fingerprint density at radius 2 is 1.96 bits per heavy atom. The van der Waals surface area contributed by atoms with Crippen molar-refractivity contribution in [3.05, 3.63) is 54.1 Å². The number of nitrogens with one attached hydrogen (secondary N) is 1. The van der Waals surface area contributed by atoms with Crippen molar-refractivity contribution in [2.75, 3.05) is 24.8 Å². The summed E-state index contributed by atoms with van der Waals surface area (Å²) in [5.74, 6) is 1.06. The van der Waals surface area contributed by atoms with Crippen molar-refractivity contribution in [2.24, 2.45) is 5.92 Å². The minimum Gasteiger partial charge on any atom is -0.454 e. The molecule has 2 heterocycles. The summed E-state index contributed by atoms with van der Waals surface area (Å²) in [7, 11) is 0. The number of rotatable bonds is 5. The molecule has 2 unspecified atom stereocenters. The molecule has 1 saturated heterocycles. The van der Waals surface area contributed by atoms with Gasteiger partial charge in [0.25, 0.3) is 0 Å². The number of fused-ring (bicyclic) bond motifs is 1. The van der Waals surface area contributed by atoms with Crippen LogP contribution in [0, 0.1) is 5.92 Å². The first-order valence-electron chi connectivity index (χ1n) is 9.14. The van der Waals surface area contributed by atoms with E-state index in [2.05, 4.69) is 24.4 Å². The van der Waals surface area contributed by atoms with E-state index in [1.807, 2.05) is 24.3 Å². The number of carbonyl (C=O) groups is 2. The SMILES string of the molecule is CC(CNC(=O)C1CC(=O)N(c2ccc3c(c2)OCO3)C1)c1ccccc1. The summed E-state index contributed by atoms with van der Waals surface area (Å²) in [5, 5.41) is 2.99. The van der Waals surface area contributed by atoms with E-state index >= 15 is 0 Å². The van der Waals surface area contributed by atoms with Crippen molar-refractivity contribution < 1.29 is 19.1 Å². The quantitative estimate of drug-likeness (QED) is 0.883. The molecule has 6 nitrogen and oxygen atoms in total. The van der Waals surface area contributed by atoms with Gasteiger partial charge in [-0.1, -0.05) is 37.3 Å². The molecule has 2 atom stereocenters. The van der Waals surface area contributed by atoms with Crippen molar-refractivity contribution in [1.82, 2.24) is 5.32 Å². The zero-order chi connectivity index (χ0) is 18.8. The number of hydrogen-bond acceptors (Lipinski definition) is 4. The third kappa shape index (κ3) is 3.60. The number of amides is 2. The number of nitrogens with zero attached hydrogens (tertiary/aromatic N) is 1. The van der Waals surface area contributed by atoms with Crippen molar-refractivity contribution in [3.63, 3.8) is 0 Å². The Labute approximate surface area is 158 Å². The lowest BCUT2D eigenvalue weighted by molar-refractivity contribution is -0.126. The highest BCUT2D eigenvalue weighted by atomic mass is 16.7. The molecule has 0 radical (unpaired) electrons. The summed E-state index contributed by atoms with van der Waals surface area (Å²) in [4.78, 5) is 26.6. The average Bonchev–Trinajstić information content (AvgIpc) is 3.32. The molecular weight excluding hydrogens is 344 g/mol. The van der Waals surface area contributed by atoms with Crippen LogP contribution in [-0.4, -0.2) is 31.7 Å². The lowest BCUT2D eigenvalue weighted by Gasteiger charge is -2.18. The number of anilines is 1. The van der Waals surface area contributed by atoms with Gasteiger partial charge in [0.2, 0.25) is 18.6 Å². The summed E-state index contributed by atoms with van der Waals surface area (Å²) >= 11 is 0. The van der Waals surface area contributed by atoms with Crippen LogP contribution in [-0.2, 0) is 9.59 Å². The van der Waals surface area contributed by atoms with Crippen LogP contribution in [0.4, 0.5) is 5.69 Å². The standard InChI is InChI=1S/C21H22N2O4/c1-14(15-5-3-2-4-6-15)11-22-21(25)16-9-20(24)23(12-16)17-7-8-18-19(10-17)27-13-26-18/h2-8,10,14,16H,9,11-13H2,1H3,(H,22,25). The van der Waals surface area contributed by atoms with Crippen molar-refractivity contribution in [3.8, 4) is 11.5 Å². The predicted octanol–water partition coefficient (Wildman–Crippen LogP) is 2.69. The van der Waals surface area contributed by atoms with Gasteiger partial charge >= 0.3 is 0 Å². The molecule has 6 heteroatoms. The van der Waals surface area contributed by atoms with Crippen molar-refractivity contribution in [1.29, 1.82) is 0 Å². The maximum absolute atomic E-state index is 12.6. The highest BCUT2D eigenvalue weighted by Crippen LogP contribution is 2.37. The normalized spacial score (nSPS) is 19.2. The molecule has 1 fully saturated rings. The molecule has 2 aromatic rings. The van der Waals surface area contributed by atoms with E-state index in [1.165, 1.54) is 5.56 Å². The second kappa shape index (κ2) is 7.31. The van der Waals surface area contributed by atoms with Crippen LogP contribution in [0.3, 0.4) is 0 Å². The lowest BCUT2D eigenvalue weighted by Crippen LogP contribution is -2.35. The summed E-state index contributed by atoms with van der Waals surface area (Å²) in [6, 6.07) is 15.5. The lowest BCUT2D eigenvalue weighted by atomic mass is 10.0. The molecule has 0 bridgehead atoms. The Morgan fingerprint density at radius 3 is 2.78 bits per heavy atom. The largest absolute Gasteiger partial charge is 0.454 e. The molecule has 27 heavy (non-hydrogen) atoms. The Bertz CT molecular complexity index is 853. The van der Waals surface area contributed by atoms with E-state index in [9.17, 15) is 9.59 Å². The Balaban J connectivity index is 1.36. The van der Waals surface area contributed by atoms with E-state index in [1.54, 1.807) is 17.0 Å². The number of benzene rings is 2. The number of carbonyl (C=O) groups excluding carboxylic acids is 2. The van der Waals surface area contributed by atoms with Crippen LogP contribution in [0.5, 0.6) is 11.5 Å². The Morgan fingerprint density at radius 1 is 1.19 bits per heavy atom. The predicted molar refractivity (Wildman–Crippen MR) is 101 cm³/mol. The minimum absolute atomic E-state index is 0.0508. The molecule has 2 amide bonds. The second-order valence-corrected chi connectivity index (χ2v) is 7.00. The zero-order valence-corrected chi connectivity index (χ0v) is 15.2. The number of ether oxygens (including phenoxy) is 2. The first kappa shape index (κ1) is 17.4. The van der Waals surface area contributed by atoms with E-state index in [-0.39, 0.29) is 36.9 Å². The van der Waals surface area contributed by atoms with E-state index in [0.717, 1.165) is 5.69 Å². The summed E-state index contributed by atoms with van der Waals surface area (Å²) in [5.41, 5.74) is 1.92. The first-order valence-corrected chi connectivity index (χ1v) is 9.14.